The van der Waals surface area contributed by atoms with E-state index in [9.17, 15) is 13.2 Å². The van der Waals surface area contributed by atoms with Crippen molar-refractivity contribution in [3.05, 3.63) is 54.1 Å². The van der Waals surface area contributed by atoms with Gasteiger partial charge >= 0.3 is 0 Å². The Bertz CT molecular complexity index is 1320. The minimum absolute atomic E-state index is 0.0919. The number of hydrogen-bond donors (Lipinski definition) is 1. The first kappa shape index (κ1) is 20.4. The summed E-state index contributed by atoms with van der Waals surface area (Å²) in [7, 11) is -3.28. The van der Waals surface area contributed by atoms with Crippen LogP contribution < -0.4 is 5.32 Å². The Hall–Kier alpha value is -2.25. The molecular formula is C25H26N2O3S2. The molecule has 2 aromatic carbocycles. The van der Waals surface area contributed by atoms with Gasteiger partial charge in [0, 0.05) is 6.26 Å². The van der Waals surface area contributed by atoms with Gasteiger partial charge in [0.1, 0.15) is 0 Å². The summed E-state index contributed by atoms with van der Waals surface area (Å²) in [4.78, 5) is 18.5. The normalized spacial score (nSPS) is 31.2. The summed E-state index contributed by atoms with van der Waals surface area (Å²) in [6.45, 7) is 0. The Morgan fingerprint density at radius 3 is 2.47 bits per heavy atom. The molecule has 0 aliphatic heterocycles. The highest BCUT2D eigenvalue weighted by Crippen LogP contribution is 2.66. The molecule has 4 atom stereocenters. The van der Waals surface area contributed by atoms with Crippen LogP contribution in [0, 0.1) is 17.3 Å². The van der Waals surface area contributed by atoms with Gasteiger partial charge in [0.25, 0.3) is 0 Å². The Balaban J connectivity index is 1.31. The third-order valence-corrected chi connectivity index (χ3v) is 9.98. The van der Waals surface area contributed by atoms with Crippen molar-refractivity contribution in [2.45, 2.75) is 48.8 Å². The number of nitrogens with zero attached hydrogens (tertiary/aromatic N) is 1. The number of aromatic nitrogens is 1. The van der Waals surface area contributed by atoms with E-state index < -0.39 is 9.84 Å². The van der Waals surface area contributed by atoms with Gasteiger partial charge in [-0.15, -0.1) is 0 Å². The quantitative estimate of drug-likeness (QED) is 0.575. The second-order valence-electron chi connectivity index (χ2n) is 10.3. The average molecular weight is 467 g/mol. The zero-order valence-corrected chi connectivity index (χ0v) is 19.6. The van der Waals surface area contributed by atoms with Gasteiger partial charge in [0.15, 0.2) is 15.0 Å². The standard InChI is InChI=1S/C25H26N2O3S2/c1-32(29,30)19-7-8-20-21(10-19)31-23(26-20)27-22(28)25-13-16-9-17(14-25)12-24(11-16,15-25)18-5-3-2-4-6-18/h2-8,10,16-17H,9,11-15H2,1H3,(H,26,27,28)/t16-,17+,24?,25?. The van der Waals surface area contributed by atoms with Gasteiger partial charge in [-0.3, -0.25) is 4.79 Å². The van der Waals surface area contributed by atoms with Crippen molar-refractivity contribution in [1.29, 1.82) is 0 Å². The number of hydrogen-bond acceptors (Lipinski definition) is 5. The molecule has 1 heterocycles. The molecule has 4 aliphatic rings. The summed E-state index contributed by atoms with van der Waals surface area (Å²) < 4.78 is 24.5. The lowest BCUT2D eigenvalue weighted by Gasteiger charge is -2.61. The number of rotatable bonds is 4. The minimum Gasteiger partial charge on any atom is -0.301 e. The van der Waals surface area contributed by atoms with E-state index in [4.69, 9.17) is 0 Å². The molecule has 1 aromatic heterocycles. The van der Waals surface area contributed by atoms with Crippen LogP contribution in [-0.2, 0) is 20.0 Å². The van der Waals surface area contributed by atoms with Crippen molar-refractivity contribution in [3.8, 4) is 0 Å². The summed E-state index contributed by atoms with van der Waals surface area (Å²) in [5.41, 5.74) is 1.87. The van der Waals surface area contributed by atoms with Crippen LogP contribution in [0.5, 0.6) is 0 Å². The molecule has 5 nitrogen and oxygen atoms in total. The predicted octanol–water partition coefficient (Wildman–Crippen LogP) is 5.18. The van der Waals surface area contributed by atoms with Crippen LogP contribution in [0.15, 0.2) is 53.4 Å². The fraction of sp³-hybridized carbons (Fsp3) is 0.440. The molecule has 0 spiro atoms. The number of benzene rings is 2. The number of nitrogens with one attached hydrogen (secondary N) is 1. The monoisotopic (exact) mass is 466 g/mol. The SMILES string of the molecule is CS(=O)(=O)c1ccc2nc(NC(=O)C34C[C@H]5C[C@@H](C3)CC(c3ccccc3)(C5)C4)sc2c1. The fourth-order valence-corrected chi connectivity index (χ4v) is 8.70. The Morgan fingerprint density at radius 2 is 1.78 bits per heavy atom. The van der Waals surface area contributed by atoms with Gasteiger partial charge in [-0.1, -0.05) is 41.7 Å². The molecule has 4 aliphatic carbocycles. The molecule has 166 valence electrons. The molecule has 7 rings (SSSR count). The molecule has 1 amide bonds. The lowest BCUT2D eigenvalue weighted by atomic mass is 9.42. The predicted molar refractivity (Wildman–Crippen MR) is 127 cm³/mol. The van der Waals surface area contributed by atoms with Crippen LogP contribution in [-0.4, -0.2) is 25.6 Å². The topological polar surface area (TPSA) is 76.1 Å². The van der Waals surface area contributed by atoms with E-state index in [1.807, 2.05) is 0 Å². The largest absolute Gasteiger partial charge is 0.301 e. The van der Waals surface area contributed by atoms with E-state index in [0.29, 0.717) is 22.5 Å². The summed E-state index contributed by atoms with van der Waals surface area (Å²) in [5.74, 6) is 1.30. The Morgan fingerprint density at radius 1 is 1.06 bits per heavy atom. The third kappa shape index (κ3) is 3.20. The first-order valence-corrected chi connectivity index (χ1v) is 13.9. The lowest BCUT2D eigenvalue weighted by molar-refractivity contribution is -0.143. The van der Waals surface area contributed by atoms with E-state index >= 15 is 0 Å². The lowest BCUT2D eigenvalue weighted by Crippen LogP contribution is -2.57. The number of carbonyl (C=O) groups excluding carboxylic acids is 1. The van der Waals surface area contributed by atoms with Crippen molar-refractivity contribution >= 4 is 42.4 Å². The van der Waals surface area contributed by atoms with Crippen molar-refractivity contribution in [3.63, 3.8) is 0 Å². The van der Waals surface area contributed by atoms with Gasteiger partial charge in [-0.05, 0) is 79.5 Å². The number of fused-ring (bicyclic) bond motifs is 1. The van der Waals surface area contributed by atoms with Gasteiger partial charge in [-0.2, -0.15) is 0 Å². The van der Waals surface area contributed by atoms with Crippen LogP contribution in [0.1, 0.15) is 44.1 Å². The van der Waals surface area contributed by atoms with E-state index in [1.54, 1.807) is 18.2 Å². The molecule has 0 saturated heterocycles. The zero-order valence-electron chi connectivity index (χ0n) is 18.0. The minimum atomic E-state index is -3.28. The van der Waals surface area contributed by atoms with Crippen molar-refractivity contribution in [2.24, 2.45) is 17.3 Å². The van der Waals surface area contributed by atoms with E-state index in [1.165, 1.54) is 42.4 Å². The molecular weight excluding hydrogens is 440 g/mol. The summed E-state index contributed by atoms with van der Waals surface area (Å²) in [5, 5.41) is 3.69. The first-order chi connectivity index (χ1) is 15.2. The maximum atomic E-state index is 13.7. The first-order valence-electron chi connectivity index (χ1n) is 11.2. The highest BCUT2D eigenvalue weighted by Gasteiger charge is 2.61. The van der Waals surface area contributed by atoms with Crippen LogP contribution >= 0.6 is 11.3 Å². The molecule has 4 fully saturated rings. The third-order valence-electron chi connectivity index (χ3n) is 7.94. The highest BCUT2D eigenvalue weighted by atomic mass is 32.2. The zero-order chi connectivity index (χ0) is 22.1. The average Bonchev–Trinajstić information content (AvgIpc) is 3.14. The summed E-state index contributed by atoms with van der Waals surface area (Å²) >= 11 is 1.35. The molecule has 3 aromatic rings. The number of amides is 1. The van der Waals surface area contributed by atoms with E-state index in [0.717, 1.165) is 24.0 Å². The summed E-state index contributed by atoms with van der Waals surface area (Å²) in [6, 6.07) is 15.7. The van der Waals surface area contributed by atoms with E-state index in [-0.39, 0.29) is 21.6 Å². The molecule has 1 N–H and O–H groups in total. The maximum absolute atomic E-state index is 13.7. The second kappa shape index (κ2) is 6.87. The second-order valence-corrected chi connectivity index (χ2v) is 13.3. The highest BCUT2D eigenvalue weighted by molar-refractivity contribution is 7.90. The molecule has 2 unspecified atom stereocenters. The number of sulfone groups is 1. The molecule has 0 radical (unpaired) electrons. The molecule has 4 bridgehead atoms. The number of carbonyl (C=O) groups is 1. The van der Waals surface area contributed by atoms with E-state index in [2.05, 4.69) is 40.6 Å². The van der Waals surface area contributed by atoms with Crippen LogP contribution in [0.4, 0.5) is 5.13 Å². The Labute approximate surface area is 192 Å². The van der Waals surface area contributed by atoms with Gasteiger partial charge in [0.2, 0.25) is 5.91 Å². The van der Waals surface area contributed by atoms with Gasteiger partial charge < -0.3 is 5.32 Å². The summed E-state index contributed by atoms with van der Waals surface area (Å²) in [6.07, 6.45) is 7.68. The molecule has 4 saturated carbocycles. The van der Waals surface area contributed by atoms with Crippen LogP contribution in [0.3, 0.4) is 0 Å². The van der Waals surface area contributed by atoms with Crippen LogP contribution in [0.25, 0.3) is 10.2 Å². The number of anilines is 1. The molecule has 32 heavy (non-hydrogen) atoms. The smallest absolute Gasteiger partial charge is 0.232 e. The molecule has 7 heteroatoms. The van der Waals surface area contributed by atoms with Crippen molar-refractivity contribution in [1.82, 2.24) is 4.98 Å². The van der Waals surface area contributed by atoms with Gasteiger partial charge in [-0.25, -0.2) is 13.4 Å². The van der Waals surface area contributed by atoms with Crippen molar-refractivity contribution < 1.29 is 13.2 Å². The Kier molecular flexibility index (Phi) is 4.37. The van der Waals surface area contributed by atoms with Crippen LogP contribution in [0.2, 0.25) is 0 Å². The maximum Gasteiger partial charge on any atom is 0.232 e. The fourth-order valence-electron chi connectivity index (χ4n) is 7.08. The van der Waals surface area contributed by atoms with Crippen molar-refractivity contribution in [2.75, 3.05) is 11.6 Å². The number of thiazole rings is 1. The van der Waals surface area contributed by atoms with Gasteiger partial charge in [0.05, 0.1) is 20.5 Å².